The van der Waals surface area contributed by atoms with Crippen molar-refractivity contribution < 1.29 is 5.11 Å². The maximum absolute atomic E-state index is 10.1. The van der Waals surface area contributed by atoms with Crippen molar-refractivity contribution in [1.29, 1.82) is 0 Å². The predicted molar refractivity (Wildman–Crippen MR) is 84.6 cm³/mol. The summed E-state index contributed by atoms with van der Waals surface area (Å²) in [6.45, 7) is 1.15. The van der Waals surface area contributed by atoms with Crippen LogP contribution in [0.1, 0.15) is 43.2 Å². The molecular formula is C16H20INO. The largest absolute Gasteiger partial charge is 0.507 e. The van der Waals surface area contributed by atoms with E-state index in [1.807, 2.05) is 0 Å². The van der Waals surface area contributed by atoms with Gasteiger partial charge in [0.2, 0.25) is 0 Å². The molecule has 3 heteroatoms. The van der Waals surface area contributed by atoms with E-state index >= 15 is 0 Å². The lowest BCUT2D eigenvalue weighted by Crippen LogP contribution is -2.59. The molecule has 3 atom stereocenters. The molecule has 102 valence electrons. The van der Waals surface area contributed by atoms with Crippen molar-refractivity contribution in [3.05, 3.63) is 26.8 Å². The fraction of sp³-hybridized carbons (Fsp3) is 0.625. The zero-order valence-electron chi connectivity index (χ0n) is 11.1. The van der Waals surface area contributed by atoms with Crippen molar-refractivity contribution in [2.45, 2.75) is 50.0 Å². The van der Waals surface area contributed by atoms with Crippen LogP contribution in [0.2, 0.25) is 0 Å². The Kier molecular flexibility index (Phi) is 2.85. The number of rotatable bonds is 0. The van der Waals surface area contributed by atoms with Gasteiger partial charge in [-0.25, -0.2) is 0 Å². The first-order valence-corrected chi connectivity index (χ1v) is 8.54. The normalized spacial score (nSPS) is 36.5. The molecule has 1 saturated carbocycles. The van der Waals surface area contributed by atoms with E-state index in [9.17, 15) is 5.11 Å². The lowest BCUT2D eigenvalue weighted by Gasteiger charge is -2.56. The van der Waals surface area contributed by atoms with Gasteiger partial charge in [-0.3, -0.25) is 0 Å². The van der Waals surface area contributed by atoms with Crippen molar-refractivity contribution in [3.8, 4) is 5.75 Å². The number of phenols is 1. The number of phenolic OH excluding ortho intramolecular Hbond substituents is 1. The lowest BCUT2D eigenvalue weighted by atomic mass is 9.53. The van der Waals surface area contributed by atoms with Gasteiger partial charge in [-0.1, -0.05) is 12.8 Å². The second-order valence-electron chi connectivity index (χ2n) is 6.48. The summed E-state index contributed by atoms with van der Waals surface area (Å²) >= 11 is 2.25. The molecule has 3 aliphatic rings. The molecule has 1 aliphatic heterocycles. The fourth-order valence-corrected chi connectivity index (χ4v) is 5.47. The Morgan fingerprint density at radius 2 is 2.16 bits per heavy atom. The standard InChI is InChI=1S/C16H20INO/c17-13-7-10-8-14-11-3-1-2-4-16(11,5-6-18-14)12(10)9-15(13)19/h7,9,11,14,18-19H,1-6,8H2/t11-,14+,16+/m1/s1. The summed E-state index contributed by atoms with van der Waals surface area (Å²) in [5, 5.41) is 13.9. The molecule has 0 amide bonds. The smallest absolute Gasteiger partial charge is 0.129 e. The lowest BCUT2D eigenvalue weighted by molar-refractivity contribution is 0.0795. The van der Waals surface area contributed by atoms with Crippen molar-refractivity contribution >= 4 is 22.6 Å². The molecule has 19 heavy (non-hydrogen) atoms. The highest BCUT2D eigenvalue weighted by atomic mass is 127. The van der Waals surface area contributed by atoms with Gasteiger partial charge in [0, 0.05) is 11.5 Å². The molecule has 1 aromatic carbocycles. The summed E-state index contributed by atoms with van der Waals surface area (Å²) in [4.78, 5) is 0. The topological polar surface area (TPSA) is 32.3 Å². The minimum atomic E-state index is 0.365. The molecule has 0 spiro atoms. The number of nitrogens with one attached hydrogen (secondary N) is 1. The molecule has 2 nitrogen and oxygen atoms in total. The van der Waals surface area contributed by atoms with Crippen molar-refractivity contribution in [2.75, 3.05) is 6.54 Å². The summed E-state index contributed by atoms with van der Waals surface area (Å²) < 4.78 is 1.00. The number of hydrogen-bond donors (Lipinski definition) is 2. The number of fused-ring (bicyclic) bond motifs is 1. The number of piperidine rings is 1. The molecule has 2 aliphatic carbocycles. The second kappa shape index (κ2) is 4.35. The van der Waals surface area contributed by atoms with E-state index in [0.29, 0.717) is 17.2 Å². The van der Waals surface area contributed by atoms with Gasteiger partial charge in [-0.2, -0.15) is 0 Å². The maximum atomic E-state index is 10.1. The van der Waals surface area contributed by atoms with Crippen LogP contribution in [0.5, 0.6) is 5.75 Å². The number of hydrogen-bond acceptors (Lipinski definition) is 2. The second-order valence-corrected chi connectivity index (χ2v) is 7.65. The Hall–Kier alpha value is -0.290. The van der Waals surface area contributed by atoms with Crippen LogP contribution in [0.15, 0.2) is 12.1 Å². The van der Waals surface area contributed by atoms with Crippen LogP contribution in [-0.2, 0) is 11.8 Å². The van der Waals surface area contributed by atoms with Crippen LogP contribution in [0.25, 0.3) is 0 Å². The first-order chi connectivity index (χ1) is 9.21. The monoisotopic (exact) mass is 369 g/mol. The van der Waals surface area contributed by atoms with Gasteiger partial charge in [0.15, 0.2) is 0 Å². The maximum Gasteiger partial charge on any atom is 0.129 e. The molecule has 4 rings (SSSR count). The summed E-state index contributed by atoms with van der Waals surface area (Å²) in [7, 11) is 0. The molecule has 1 saturated heterocycles. The van der Waals surface area contributed by atoms with E-state index in [4.69, 9.17) is 0 Å². The highest BCUT2D eigenvalue weighted by molar-refractivity contribution is 14.1. The first-order valence-electron chi connectivity index (χ1n) is 7.46. The third kappa shape index (κ3) is 1.70. The van der Waals surface area contributed by atoms with Gasteiger partial charge >= 0.3 is 0 Å². The number of aromatic hydroxyl groups is 1. The van der Waals surface area contributed by atoms with Gasteiger partial charge in [0.05, 0.1) is 3.57 Å². The highest BCUT2D eigenvalue weighted by Gasteiger charge is 2.51. The summed E-state index contributed by atoms with van der Waals surface area (Å²) in [5.74, 6) is 1.27. The summed E-state index contributed by atoms with van der Waals surface area (Å²) in [6.07, 6.45) is 7.83. The van der Waals surface area contributed by atoms with Gasteiger partial charge in [-0.05, 0) is 84.0 Å². The van der Waals surface area contributed by atoms with E-state index in [0.717, 1.165) is 22.5 Å². The highest BCUT2D eigenvalue weighted by Crippen LogP contribution is 2.54. The molecule has 1 aromatic rings. The molecular weight excluding hydrogens is 349 g/mol. The van der Waals surface area contributed by atoms with Gasteiger partial charge in [0.25, 0.3) is 0 Å². The van der Waals surface area contributed by atoms with Crippen LogP contribution < -0.4 is 5.32 Å². The number of benzene rings is 1. The van der Waals surface area contributed by atoms with Crippen LogP contribution in [-0.4, -0.2) is 17.7 Å². The SMILES string of the molecule is Oc1cc2c(cc1I)C[C@@H]1NCC[C@]23CCCC[C@H]13. The van der Waals surface area contributed by atoms with E-state index in [2.05, 4.69) is 40.0 Å². The van der Waals surface area contributed by atoms with Gasteiger partial charge < -0.3 is 10.4 Å². The van der Waals surface area contributed by atoms with E-state index < -0.39 is 0 Å². The Labute approximate surface area is 128 Å². The molecule has 0 unspecified atom stereocenters. The molecule has 0 aromatic heterocycles. The summed E-state index contributed by atoms with van der Waals surface area (Å²) in [5.41, 5.74) is 3.33. The van der Waals surface area contributed by atoms with Crippen molar-refractivity contribution in [3.63, 3.8) is 0 Å². The molecule has 1 heterocycles. The van der Waals surface area contributed by atoms with Crippen LogP contribution in [0.4, 0.5) is 0 Å². The Morgan fingerprint density at radius 3 is 3.05 bits per heavy atom. The quantitative estimate of drug-likeness (QED) is 0.688. The average Bonchev–Trinajstić information content (AvgIpc) is 2.41. The first kappa shape index (κ1) is 12.5. The van der Waals surface area contributed by atoms with Gasteiger partial charge in [0.1, 0.15) is 5.75 Å². The third-order valence-corrected chi connectivity index (χ3v) is 6.57. The Morgan fingerprint density at radius 1 is 1.26 bits per heavy atom. The Bertz CT molecular complexity index is 526. The molecule has 2 fully saturated rings. The van der Waals surface area contributed by atoms with E-state index in [1.54, 1.807) is 0 Å². The zero-order valence-corrected chi connectivity index (χ0v) is 13.2. The van der Waals surface area contributed by atoms with Crippen molar-refractivity contribution in [2.24, 2.45) is 5.92 Å². The summed E-state index contributed by atoms with van der Waals surface area (Å²) in [6, 6.07) is 4.98. The molecule has 2 N–H and O–H groups in total. The molecule has 0 radical (unpaired) electrons. The van der Waals surface area contributed by atoms with Crippen molar-refractivity contribution in [1.82, 2.24) is 5.32 Å². The van der Waals surface area contributed by atoms with Crippen LogP contribution in [0, 0.1) is 9.49 Å². The van der Waals surface area contributed by atoms with Crippen LogP contribution in [0.3, 0.4) is 0 Å². The fourth-order valence-electron chi connectivity index (χ4n) is 4.94. The minimum absolute atomic E-state index is 0.365. The van der Waals surface area contributed by atoms with E-state index in [1.165, 1.54) is 43.2 Å². The van der Waals surface area contributed by atoms with Crippen LogP contribution >= 0.6 is 22.6 Å². The van der Waals surface area contributed by atoms with E-state index in [-0.39, 0.29) is 0 Å². The number of halogens is 1. The third-order valence-electron chi connectivity index (χ3n) is 5.71. The minimum Gasteiger partial charge on any atom is -0.507 e. The zero-order chi connectivity index (χ0) is 13.0. The predicted octanol–water partition coefficient (Wildman–Crippen LogP) is 3.34. The van der Waals surface area contributed by atoms with Gasteiger partial charge in [-0.15, -0.1) is 0 Å². The molecule has 2 bridgehead atoms. The average molecular weight is 369 g/mol. The Balaban J connectivity index is 1.92.